The van der Waals surface area contributed by atoms with E-state index in [1.54, 1.807) is 19.2 Å². The van der Waals surface area contributed by atoms with Crippen molar-refractivity contribution < 1.29 is 13.2 Å². The van der Waals surface area contributed by atoms with E-state index in [0.717, 1.165) is 0 Å². The summed E-state index contributed by atoms with van der Waals surface area (Å²) in [5.74, 6) is 0. The zero-order valence-electron chi connectivity index (χ0n) is 13.7. The second-order valence-corrected chi connectivity index (χ2v) is 8.41. The molecule has 0 bridgehead atoms. The molecule has 1 aromatic rings. The highest BCUT2D eigenvalue weighted by Gasteiger charge is 2.29. The van der Waals surface area contributed by atoms with Gasteiger partial charge in [0.2, 0.25) is 10.0 Å². The fraction of sp³-hybridized carbons (Fsp3) is 0.533. The number of nitrogens with zero attached hydrogens (tertiary/aromatic N) is 2. The first kappa shape index (κ1) is 19.4. The third-order valence-electron chi connectivity index (χ3n) is 3.76. The van der Waals surface area contributed by atoms with Crippen molar-refractivity contribution >= 4 is 39.0 Å². The molecular weight excluding hydrogens is 370 g/mol. The van der Waals surface area contributed by atoms with Gasteiger partial charge < -0.3 is 15.0 Å². The fourth-order valence-electron chi connectivity index (χ4n) is 2.48. The minimum Gasteiger partial charge on any atom is -0.383 e. The molecule has 1 unspecified atom stereocenters. The van der Waals surface area contributed by atoms with E-state index in [0.29, 0.717) is 42.9 Å². The molecule has 0 amide bonds. The molecule has 1 fully saturated rings. The first-order valence-electron chi connectivity index (χ1n) is 7.64. The number of hydrogen-bond donors (Lipinski definition) is 1. The maximum Gasteiger partial charge on any atom is 0.243 e. The van der Waals surface area contributed by atoms with Crippen molar-refractivity contribution in [2.24, 2.45) is 0 Å². The van der Waals surface area contributed by atoms with Crippen LogP contribution in [-0.4, -0.2) is 68.7 Å². The van der Waals surface area contributed by atoms with Gasteiger partial charge in [0, 0.05) is 44.4 Å². The predicted molar refractivity (Wildman–Crippen MR) is 98.9 cm³/mol. The Balaban J connectivity index is 1.94. The van der Waals surface area contributed by atoms with E-state index < -0.39 is 10.0 Å². The standard InChI is InChI=1S/C15H22ClN3O3S2/c1-12(11-22-2)17-15(23)18-7-9-19(10-8-18)24(20,21)14-5-3-13(16)4-6-14/h3-6,12H,7-11H2,1-2H3,(H,17,23). The molecule has 1 aromatic carbocycles. The Morgan fingerprint density at radius 1 is 1.29 bits per heavy atom. The van der Waals surface area contributed by atoms with Gasteiger partial charge in [0.25, 0.3) is 0 Å². The molecule has 9 heteroatoms. The lowest BCUT2D eigenvalue weighted by atomic mass is 10.3. The smallest absolute Gasteiger partial charge is 0.243 e. The van der Waals surface area contributed by atoms with Crippen LogP contribution in [0, 0.1) is 0 Å². The molecule has 2 rings (SSSR count). The average molecular weight is 392 g/mol. The Morgan fingerprint density at radius 2 is 1.88 bits per heavy atom. The molecule has 24 heavy (non-hydrogen) atoms. The Morgan fingerprint density at radius 3 is 2.42 bits per heavy atom. The van der Waals surface area contributed by atoms with E-state index in [1.807, 2.05) is 11.8 Å². The first-order valence-corrected chi connectivity index (χ1v) is 9.87. The summed E-state index contributed by atoms with van der Waals surface area (Å²) in [4.78, 5) is 2.24. The molecule has 1 saturated heterocycles. The SMILES string of the molecule is COCC(C)NC(=S)N1CCN(S(=O)(=O)c2ccc(Cl)cc2)CC1. The van der Waals surface area contributed by atoms with Crippen molar-refractivity contribution in [2.75, 3.05) is 39.9 Å². The molecule has 0 aromatic heterocycles. The van der Waals surface area contributed by atoms with Gasteiger partial charge in [0.15, 0.2) is 5.11 Å². The minimum atomic E-state index is -3.50. The quantitative estimate of drug-likeness (QED) is 0.768. The number of rotatable bonds is 5. The average Bonchev–Trinajstić information content (AvgIpc) is 2.55. The molecule has 0 saturated carbocycles. The van der Waals surface area contributed by atoms with Gasteiger partial charge in [-0.3, -0.25) is 0 Å². The van der Waals surface area contributed by atoms with Crippen LogP contribution in [0.1, 0.15) is 6.92 Å². The number of methoxy groups -OCH3 is 1. The second kappa shape index (κ2) is 8.44. The molecule has 0 aliphatic carbocycles. The van der Waals surface area contributed by atoms with Crippen LogP contribution in [0.15, 0.2) is 29.2 Å². The van der Waals surface area contributed by atoms with Gasteiger partial charge in [-0.2, -0.15) is 4.31 Å². The maximum atomic E-state index is 12.6. The van der Waals surface area contributed by atoms with Crippen LogP contribution in [0.4, 0.5) is 0 Å². The minimum absolute atomic E-state index is 0.110. The molecule has 1 N–H and O–H groups in total. The summed E-state index contributed by atoms with van der Waals surface area (Å²) < 4.78 is 31.8. The van der Waals surface area contributed by atoms with Gasteiger partial charge in [-0.1, -0.05) is 11.6 Å². The Labute approximate surface area is 153 Å². The number of sulfonamides is 1. The molecule has 1 aliphatic heterocycles. The maximum absolute atomic E-state index is 12.6. The molecular formula is C15H22ClN3O3S2. The zero-order chi connectivity index (χ0) is 17.7. The number of thiocarbonyl (C=S) groups is 1. The Hall–Kier alpha value is -0.930. The summed E-state index contributed by atoms with van der Waals surface area (Å²) in [5.41, 5.74) is 0. The van der Waals surface area contributed by atoms with Crippen molar-refractivity contribution in [3.63, 3.8) is 0 Å². The number of nitrogens with one attached hydrogen (secondary N) is 1. The number of ether oxygens (including phenoxy) is 1. The van der Waals surface area contributed by atoms with Gasteiger partial charge in [0.1, 0.15) is 0 Å². The van der Waals surface area contributed by atoms with Crippen molar-refractivity contribution in [1.29, 1.82) is 0 Å². The van der Waals surface area contributed by atoms with Crippen molar-refractivity contribution in [3.05, 3.63) is 29.3 Å². The fourth-order valence-corrected chi connectivity index (χ4v) is 4.41. The van der Waals surface area contributed by atoms with E-state index in [-0.39, 0.29) is 10.9 Å². The van der Waals surface area contributed by atoms with E-state index in [4.69, 9.17) is 28.6 Å². The zero-order valence-corrected chi connectivity index (χ0v) is 16.1. The molecule has 0 spiro atoms. The lowest BCUT2D eigenvalue weighted by Gasteiger charge is -2.36. The highest BCUT2D eigenvalue weighted by atomic mass is 35.5. The highest BCUT2D eigenvalue weighted by Crippen LogP contribution is 2.19. The van der Waals surface area contributed by atoms with Crippen LogP contribution in [0.3, 0.4) is 0 Å². The lowest BCUT2D eigenvalue weighted by Crippen LogP contribution is -2.54. The molecule has 1 atom stereocenters. The van der Waals surface area contributed by atoms with Crippen molar-refractivity contribution in [2.45, 2.75) is 17.9 Å². The second-order valence-electron chi connectivity index (χ2n) is 5.65. The lowest BCUT2D eigenvalue weighted by molar-refractivity contribution is 0.176. The molecule has 6 nitrogen and oxygen atoms in total. The Bertz CT molecular complexity index is 659. The molecule has 134 valence electrons. The third-order valence-corrected chi connectivity index (χ3v) is 6.30. The van der Waals surface area contributed by atoms with Crippen LogP contribution in [0.2, 0.25) is 5.02 Å². The summed E-state index contributed by atoms with van der Waals surface area (Å²) in [5, 5.41) is 4.33. The van der Waals surface area contributed by atoms with Crippen LogP contribution < -0.4 is 5.32 Å². The molecule has 1 aliphatic rings. The number of halogens is 1. The van der Waals surface area contributed by atoms with Crippen molar-refractivity contribution in [1.82, 2.24) is 14.5 Å². The van der Waals surface area contributed by atoms with Gasteiger partial charge in [0.05, 0.1) is 11.5 Å². The highest BCUT2D eigenvalue weighted by molar-refractivity contribution is 7.89. The monoisotopic (exact) mass is 391 g/mol. The van der Waals surface area contributed by atoms with Crippen LogP contribution >= 0.6 is 23.8 Å². The molecule has 1 heterocycles. The summed E-state index contributed by atoms with van der Waals surface area (Å²) in [6.45, 7) is 4.44. The van der Waals surface area contributed by atoms with E-state index in [9.17, 15) is 8.42 Å². The number of hydrogen-bond acceptors (Lipinski definition) is 4. The van der Waals surface area contributed by atoms with Gasteiger partial charge >= 0.3 is 0 Å². The van der Waals surface area contributed by atoms with Crippen LogP contribution in [0.25, 0.3) is 0 Å². The third kappa shape index (κ3) is 4.80. The van der Waals surface area contributed by atoms with Crippen LogP contribution in [-0.2, 0) is 14.8 Å². The summed E-state index contributed by atoms with van der Waals surface area (Å²) in [7, 11) is -1.85. The summed E-state index contributed by atoms with van der Waals surface area (Å²) >= 11 is 11.2. The topological polar surface area (TPSA) is 61.9 Å². The predicted octanol–water partition coefficient (Wildman–Crippen LogP) is 1.56. The van der Waals surface area contributed by atoms with E-state index in [2.05, 4.69) is 5.32 Å². The number of piperazine rings is 1. The molecule has 0 radical (unpaired) electrons. The van der Waals surface area contributed by atoms with Gasteiger partial charge in [-0.05, 0) is 43.4 Å². The summed E-state index contributed by atoms with van der Waals surface area (Å²) in [6.07, 6.45) is 0. The number of benzene rings is 1. The van der Waals surface area contributed by atoms with Gasteiger partial charge in [-0.15, -0.1) is 0 Å². The largest absolute Gasteiger partial charge is 0.383 e. The van der Waals surface area contributed by atoms with Gasteiger partial charge in [-0.25, -0.2) is 8.42 Å². The van der Waals surface area contributed by atoms with Crippen LogP contribution in [0.5, 0.6) is 0 Å². The summed E-state index contributed by atoms with van der Waals surface area (Å²) in [6, 6.07) is 6.34. The van der Waals surface area contributed by atoms with Crippen molar-refractivity contribution in [3.8, 4) is 0 Å². The Kier molecular flexibility index (Phi) is 6.82. The first-order chi connectivity index (χ1) is 11.3. The van der Waals surface area contributed by atoms with E-state index >= 15 is 0 Å². The normalized spacial score (nSPS) is 17.5. The van der Waals surface area contributed by atoms with E-state index in [1.165, 1.54) is 16.4 Å².